The van der Waals surface area contributed by atoms with Gasteiger partial charge in [0.15, 0.2) is 0 Å². The largest absolute Gasteiger partial charge is 0.352 e. The van der Waals surface area contributed by atoms with Gasteiger partial charge >= 0.3 is 0 Å². The highest BCUT2D eigenvalue weighted by atomic mass is 79.9. The Bertz CT molecular complexity index is 497. The number of rotatable bonds is 5. The number of anilines is 1. The van der Waals surface area contributed by atoms with E-state index < -0.39 is 0 Å². The van der Waals surface area contributed by atoms with Gasteiger partial charge in [0.2, 0.25) is 5.95 Å². The lowest BCUT2D eigenvalue weighted by molar-refractivity contribution is 0.709. The van der Waals surface area contributed by atoms with Crippen LogP contribution in [0.5, 0.6) is 0 Å². The molecule has 2 aromatic rings. The van der Waals surface area contributed by atoms with Crippen molar-refractivity contribution in [3.63, 3.8) is 0 Å². The molecular weight excluding hydrogens is 312 g/mol. The average Bonchev–Trinajstić information content (AvgIpc) is 2.77. The number of hydrogen-bond donors (Lipinski definition) is 2. The Morgan fingerprint density at radius 1 is 1.39 bits per heavy atom. The van der Waals surface area contributed by atoms with E-state index in [2.05, 4.69) is 44.2 Å². The zero-order valence-corrected chi connectivity index (χ0v) is 12.5. The summed E-state index contributed by atoms with van der Waals surface area (Å²) in [6, 6.07) is 4.37. The lowest BCUT2D eigenvalue weighted by Gasteiger charge is -2.12. The van der Waals surface area contributed by atoms with Crippen LogP contribution in [0, 0.1) is 0 Å². The second-order valence-electron chi connectivity index (χ2n) is 4.02. The molecule has 0 saturated carbocycles. The fourth-order valence-corrected chi connectivity index (χ4v) is 2.90. The summed E-state index contributed by atoms with van der Waals surface area (Å²) in [7, 11) is 0. The van der Waals surface area contributed by atoms with Crippen molar-refractivity contribution in [1.82, 2.24) is 9.97 Å². The molecule has 18 heavy (non-hydrogen) atoms. The summed E-state index contributed by atoms with van der Waals surface area (Å²) in [5.74, 6) is 0.648. The highest BCUT2D eigenvalue weighted by Crippen LogP contribution is 2.30. The van der Waals surface area contributed by atoms with Crippen LogP contribution in [0.25, 0.3) is 10.4 Å². The Morgan fingerprint density at radius 2 is 2.11 bits per heavy atom. The maximum atomic E-state index is 5.50. The number of halogens is 1. The van der Waals surface area contributed by atoms with Gasteiger partial charge in [0.25, 0.3) is 0 Å². The molecule has 0 amide bonds. The molecule has 2 rings (SSSR count). The third kappa shape index (κ3) is 3.51. The molecule has 2 aromatic heterocycles. The van der Waals surface area contributed by atoms with Crippen LogP contribution in [0.15, 0.2) is 28.3 Å². The molecule has 6 heteroatoms. The molecule has 0 fully saturated rings. The third-order valence-corrected chi connectivity index (χ3v) is 4.16. The van der Waals surface area contributed by atoms with Crippen molar-refractivity contribution < 1.29 is 0 Å². The first-order chi connectivity index (χ1) is 8.69. The van der Waals surface area contributed by atoms with Gasteiger partial charge in [-0.2, -0.15) is 0 Å². The van der Waals surface area contributed by atoms with Crippen molar-refractivity contribution in [3.8, 4) is 10.4 Å². The molecule has 1 unspecified atom stereocenters. The number of nitrogens with two attached hydrogens (primary N) is 1. The van der Waals surface area contributed by atoms with E-state index in [-0.39, 0.29) is 6.04 Å². The van der Waals surface area contributed by atoms with Crippen LogP contribution in [0.1, 0.15) is 13.3 Å². The SMILES string of the molecule is CC(CCN)Nc1ncc(-c2ccc(Br)s2)cn1. The van der Waals surface area contributed by atoms with Crippen LogP contribution < -0.4 is 11.1 Å². The Labute approximate surface area is 119 Å². The van der Waals surface area contributed by atoms with Crippen LogP contribution in [-0.2, 0) is 0 Å². The zero-order valence-electron chi connectivity index (χ0n) is 10.1. The van der Waals surface area contributed by atoms with Crippen LogP contribution in [0.2, 0.25) is 0 Å². The minimum absolute atomic E-state index is 0.289. The van der Waals surface area contributed by atoms with Crippen molar-refractivity contribution in [2.75, 3.05) is 11.9 Å². The van der Waals surface area contributed by atoms with Crippen molar-refractivity contribution in [2.45, 2.75) is 19.4 Å². The molecule has 3 N–H and O–H groups in total. The third-order valence-electron chi connectivity index (χ3n) is 2.48. The maximum Gasteiger partial charge on any atom is 0.222 e. The van der Waals surface area contributed by atoms with E-state index in [1.807, 2.05) is 18.5 Å². The molecule has 0 radical (unpaired) electrons. The van der Waals surface area contributed by atoms with Gasteiger partial charge in [-0.1, -0.05) is 0 Å². The van der Waals surface area contributed by atoms with Gasteiger partial charge in [0.05, 0.1) is 3.79 Å². The number of nitrogens with one attached hydrogen (secondary N) is 1. The lowest BCUT2D eigenvalue weighted by atomic mass is 10.2. The molecule has 4 nitrogen and oxygen atoms in total. The summed E-state index contributed by atoms with van der Waals surface area (Å²) in [5, 5.41) is 3.22. The molecule has 0 aliphatic rings. The lowest BCUT2D eigenvalue weighted by Crippen LogP contribution is -2.20. The second kappa shape index (κ2) is 6.26. The average molecular weight is 327 g/mol. The van der Waals surface area contributed by atoms with Crippen molar-refractivity contribution in [3.05, 3.63) is 28.3 Å². The number of hydrogen-bond acceptors (Lipinski definition) is 5. The monoisotopic (exact) mass is 326 g/mol. The predicted octanol–water partition coefficient (Wildman–Crippen LogP) is 3.12. The molecule has 0 bridgehead atoms. The van der Waals surface area contributed by atoms with Crippen LogP contribution in [0.4, 0.5) is 5.95 Å². The molecular formula is C12H15BrN4S. The van der Waals surface area contributed by atoms with E-state index in [4.69, 9.17) is 5.73 Å². The molecule has 1 atom stereocenters. The highest BCUT2D eigenvalue weighted by molar-refractivity contribution is 9.11. The fraction of sp³-hybridized carbons (Fsp3) is 0.333. The first kappa shape index (κ1) is 13.5. The van der Waals surface area contributed by atoms with E-state index in [0.29, 0.717) is 12.5 Å². The zero-order chi connectivity index (χ0) is 13.0. The van der Waals surface area contributed by atoms with Crippen LogP contribution in [0.3, 0.4) is 0 Å². The summed E-state index contributed by atoms with van der Waals surface area (Å²) in [5.41, 5.74) is 6.53. The highest BCUT2D eigenvalue weighted by Gasteiger charge is 2.05. The van der Waals surface area contributed by atoms with Crippen molar-refractivity contribution in [1.29, 1.82) is 0 Å². The van der Waals surface area contributed by atoms with Crippen LogP contribution in [-0.4, -0.2) is 22.6 Å². The Morgan fingerprint density at radius 3 is 2.67 bits per heavy atom. The van der Waals surface area contributed by atoms with E-state index in [1.54, 1.807) is 11.3 Å². The molecule has 2 heterocycles. The Hall–Kier alpha value is -0.980. The fourth-order valence-electron chi connectivity index (χ4n) is 1.54. The van der Waals surface area contributed by atoms with E-state index in [9.17, 15) is 0 Å². The van der Waals surface area contributed by atoms with Gasteiger partial charge in [-0.15, -0.1) is 11.3 Å². The van der Waals surface area contributed by atoms with Gasteiger partial charge in [-0.25, -0.2) is 9.97 Å². The number of thiophene rings is 1. The standard InChI is InChI=1S/C12H15BrN4S/c1-8(4-5-14)17-12-15-6-9(7-16-12)10-2-3-11(13)18-10/h2-3,6-8H,4-5,14H2,1H3,(H,15,16,17). The summed E-state index contributed by atoms with van der Waals surface area (Å²) in [6.45, 7) is 2.73. The second-order valence-corrected chi connectivity index (χ2v) is 6.48. The maximum absolute atomic E-state index is 5.50. The van der Waals surface area contributed by atoms with E-state index in [0.717, 1.165) is 20.6 Å². The molecule has 0 spiro atoms. The Kier molecular flexibility index (Phi) is 4.68. The number of nitrogens with zero attached hydrogens (tertiary/aromatic N) is 2. The van der Waals surface area contributed by atoms with Crippen molar-refractivity contribution >= 4 is 33.2 Å². The summed E-state index contributed by atoms with van der Waals surface area (Å²) in [4.78, 5) is 9.79. The minimum atomic E-state index is 0.289. The summed E-state index contributed by atoms with van der Waals surface area (Å²) >= 11 is 5.12. The van der Waals surface area contributed by atoms with E-state index >= 15 is 0 Å². The van der Waals surface area contributed by atoms with E-state index in [1.165, 1.54) is 0 Å². The summed E-state index contributed by atoms with van der Waals surface area (Å²) < 4.78 is 1.11. The topological polar surface area (TPSA) is 63.8 Å². The Balaban J connectivity index is 2.06. The molecule has 0 aliphatic carbocycles. The molecule has 0 aliphatic heterocycles. The quantitative estimate of drug-likeness (QED) is 0.886. The molecule has 96 valence electrons. The first-order valence-corrected chi connectivity index (χ1v) is 7.34. The van der Waals surface area contributed by atoms with Gasteiger partial charge in [0.1, 0.15) is 0 Å². The summed E-state index contributed by atoms with van der Waals surface area (Å²) in [6.07, 6.45) is 4.58. The number of aromatic nitrogens is 2. The predicted molar refractivity (Wildman–Crippen MR) is 79.8 cm³/mol. The van der Waals surface area contributed by atoms with Crippen molar-refractivity contribution in [2.24, 2.45) is 5.73 Å². The smallest absolute Gasteiger partial charge is 0.222 e. The molecule has 0 saturated heterocycles. The van der Waals surface area contributed by atoms with Gasteiger partial charge in [-0.3, -0.25) is 0 Å². The first-order valence-electron chi connectivity index (χ1n) is 5.73. The van der Waals surface area contributed by atoms with Gasteiger partial charge in [0, 0.05) is 28.9 Å². The van der Waals surface area contributed by atoms with Gasteiger partial charge in [-0.05, 0) is 48.0 Å². The van der Waals surface area contributed by atoms with Gasteiger partial charge < -0.3 is 11.1 Å². The normalized spacial score (nSPS) is 12.4. The minimum Gasteiger partial charge on any atom is -0.352 e. The molecule has 0 aromatic carbocycles. The van der Waals surface area contributed by atoms with Crippen LogP contribution >= 0.6 is 27.3 Å².